The standard InChI is InChI=1S/C16H23N3/c1-4-12-19-15(10-11-18-19)16(17-5-2)14-8-6-13(3)7-9-14/h6-11,16-17H,4-5,12H2,1-3H3. The third kappa shape index (κ3) is 3.24. The quantitative estimate of drug-likeness (QED) is 0.860. The lowest BCUT2D eigenvalue weighted by Crippen LogP contribution is -2.25. The van der Waals surface area contributed by atoms with Gasteiger partial charge in [0, 0.05) is 12.7 Å². The van der Waals surface area contributed by atoms with Crippen LogP contribution >= 0.6 is 0 Å². The fraction of sp³-hybridized carbons (Fsp3) is 0.438. The molecule has 1 atom stereocenters. The highest BCUT2D eigenvalue weighted by molar-refractivity contribution is 5.30. The zero-order chi connectivity index (χ0) is 13.7. The largest absolute Gasteiger partial charge is 0.305 e. The highest BCUT2D eigenvalue weighted by atomic mass is 15.3. The van der Waals surface area contributed by atoms with Crippen LogP contribution in [0.3, 0.4) is 0 Å². The van der Waals surface area contributed by atoms with E-state index in [9.17, 15) is 0 Å². The predicted octanol–water partition coefficient (Wildman–Crippen LogP) is 3.30. The van der Waals surface area contributed by atoms with Crippen LogP contribution in [0.4, 0.5) is 0 Å². The maximum atomic E-state index is 4.43. The van der Waals surface area contributed by atoms with Crippen LogP contribution in [0.2, 0.25) is 0 Å². The Morgan fingerprint density at radius 1 is 1.16 bits per heavy atom. The molecular formula is C16H23N3. The molecule has 0 aliphatic rings. The number of hydrogen-bond acceptors (Lipinski definition) is 2. The van der Waals surface area contributed by atoms with Gasteiger partial charge in [0.15, 0.2) is 0 Å². The van der Waals surface area contributed by atoms with Gasteiger partial charge in [-0.25, -0.2) is 0 Å². The summed E-state index contributed by atoms with van der Waals surface area (Å²) in [6, 6.07) is 11.1. The average Bonchev–Trinajstić information content (AvgIpc) is 2.86. The van der Waals surface area contributed by atoms with Crippen LogP contribution in [0, 0.1) is 6.92 Å². The van der Waals surface area contributed by atoms with Crippen LogP contribution < -0.4 is 5.32 Å². The van der Waals surface area contributed by atoms with Gasteiger partial charge < -0.3 is 5.32 Å². The molecule has 2 rings (SSSR count). The monoisotopic (exact) mass is 257 g/mol. The van der Waals surface area contributed by atoms with Crippen molar-refractivity contribution in [3.05, 3.63) is 53.3 Å². The first kappa shape index (κ1) is 13.8. The number of rotatable bonds is 6. The van der Waals surface area contributed by atoms with Crippen LogP contribution in [0.25, 0.3) is 0 Å². The van der Waals surface area contributed by atoms with Gasteiger partial charge in [0.1, 0.15) is 0 Å². The molecule has 0 aliphatic carbocycles. The highest BCUT2D eigenvalue weighted by Gasteiger charge is 2.16. The minimum atomic E-state index is 0.222. The lowest BCUT2D eigenvalue weighted by atomic mass is 10.0. The smallest absolute Gasteiger partial charge is 0.0748 e. The fourth-order valence-electron chi connectivity index (χ4n) is 2.34. The molecule has 1 N–H and O–H groups in total. The summed E-state index contributed by atoms with van der Waals surface area (Å²) in [7, 11) is 0. The molecule has 0 aliphatic heterocycles. The topological polar surface area (TPSA) is 29.9 Å². The molecular weight excluding hydrogens is 234 g/mol. The molecule has 19 heavy (non-hydrogen) atoms. The number of hydrogen-bond donors (Lipinski definition) is 1. The summed E-state index contributed by atoms with van der Waals surface area (Å²) in [6.07, 6.45) is 2.99. The SMILES string of the molecule is CCCn1nccc1C(NCC)c1ccc(C)cc1. The Balaban J connectivity index is 2.33. The van der Waals surface area contributed by atoms with Crippen molar-refractivity contribution in [3.8, 4) is 0 Å². The summed E-state index contributed by atoms with van der Waals surface area (Å²) in [5.74, 6) is 0. The summed E-state index contributed by atoms with van der Waals surface area (Å²) < 4.78 is 2.10. The molecule has 1 heterocycles. The lowest BCUT2D eigenvalue weighted by molar-refractivity contribution is 0.520. The second-order valence-electron chi connectivity index (χ2n) is 4.88. The summed E-state index contributed by atoms with van der Waals surface area (Å²) in [5.41, 5.74) is 3.83. The lowest BCUT2D eigenvalue weighted by Gasteiger charge is -2.20. The average molecular weight is 257 g/mol. The minimum absolute atomic E-state index is 0.222. The first-order valence-electron chi connectivity index (χ1n) is 7.08. The fourth-order valence-corrected chi connectivity index (χ4v) is 2.34. The maximum Gasteiger partial charge on any atom is 0.0748 e. The third-order valence-electron chi connectivity index (χ3n) is 3.30. The van der Waals surface area contributed by atoms with Gasteiger partial charge in [-0.3, -0.25) is 4.68 Å². The molecule has 1 aromatic heterocycles. The first-order valence-corrected chi connectivity index (χ1v) is 7.08. The van der Waals surface area contributed by atoms with Crippen LogP contribution in [-0.4, -0.2) is 16.3 Å². The van der Waals surface area contributed by atoms with E-state index in [2.05, 4.69) is 66.2 Å². The Hall–Kier alpha value is -1.61. The van der Waals surface area contributed by atoms with Gasteiger partial charge in [0.2, 0.25) is 0 Å². The third-order valence-corrected chi connectivity index (χ3v) is 3.30. The van der Waals surface area contributed by atoms with Crippen molar-refractivity contribution in [1.82, 2.24) is 15.1 Å². The minimum Gasteiger partial charge on any atom is -0.305 e. The normalized spacial score (nSPS) is 12.6. The summed E-state index contributed by atoms with van der Waals surface area (Å²) >= 11 is 0. The zero-order valence-corrected chi connectivity index (χ0v) is 12.1. The summed E-state index contributed by atoms with van der Waals surface area (Å²) in [4.78, 5) is 0. The van der Waals surface area contributed by atoms with Crippen molar-refractivity contribution in [2.45, 2.75) is 39.8 Å². The van der Waals surface area contributed by atoms with Gasteiger partial charge in [-0.15, -0.1) is 0 Å². The molecule has 0 bridgehead atoms. The summed E-state index contributed by atoms with van der Waals surface area (Å²) in [6.45, 7) is 8.35. The Morgan fingerprint density at radius 3 is 2.53 bits per heavy atom. The molecule has 1 aromatic carbocycles. The summed E-state index contributed by atoms with van der Waals surface area (Å²) in [5, 5.41) is 7.99. The van der Waals surface area contributed by atoms with E-state index in [4.69, 9.17) is 0 Å². The molecule has 0 spiro atoms. The van der Waals surface area contributed by atoms with Crippen molar-refractivity contribution in [1.29, 1.82) is 0 Å². The second kappa shape index (κ2) is 6.53. The Labute approximate surface area is 115 Å². The maximum absolute atomic E-state index is 4.43. The molecule has 2 aromatic rings. The van der Waals surface area contributed by atoms with Crippen LogP contribution in [0.1, 0.15) is 43.1 Å². The van der Waals surface area contributed by atoms with Crippen molar-refractivity contribution >= 4 is 0 Å². The Kier molecular flexibility index (Phi) is 4.74. The van der Waals surface area contributed by atoms with Crippen molar-refractivity contribution < 1.29 is 0 Å². The van der Waals surface area contributed by atoms with E-state index in [1.54, 1.807) is 0 Å². The van der Waals surface area contributed by atoms with Gasteiger partial charge in [-0.2, -0.15) is 5.10 Å². The van der Waals surface area contributed by atoms with E-state index in [0.717, 1.165) is 19.5 Å². The highest BCUT2D eigenvalue weighted by Crippen LogP contribution is 2.22. The van der Waals surface area contributed by atoms with Crippen molar-refractivity contribution in [2.24, 2.45) is 0 Å². The van der Waals surface area contributed by atoms with Gasteiger partial charge in [0.05, 0.1) is 11.7 Å². The molecule has 102 valence electrons. The molecule has 0 amide bonds. The van der Waals surface area contributed by atoms with Crippen LogP contribution in [0.5, 0.6) is 0 Å². The zero-order valence-electron chi connectivity index (χ0n) is 12.1. The van der Waals surface area contributed by atoms with Crippen molar-refractivity contribution in [2.75, 3.05) is 6.54 Å². The van der Waals surface area contributed by atoms with Gasteiger partial charge in [-0.1, -0.05) is 43.7 Å². The number of benzene rings is 1. The first-order chi connectivity index (χ1) is 9.26. The molecule has 1 unspecified atom stereocenters. The van der Waals surface area contributed by atoms with Crippen LogP contribution in [0.15, 0.2) is 36.5 Å². The number of nitrogens with one attached hydrogen (secondary N) is 1. The van der Waals surface area contributed by atoms with E-state index in [1.165, 1.54) is 16.8 Å². The van der Waals surface area contributed by atoms with E-state index in [0.29, 0.717) is 0 Å². The molecule has 0 fully saturated rings. The van der Waals surface area contributed by atoms with E-state index >= 15 is 0 Å². The number of aryl methyl sites for hydroxylation is 2. The van der Waals surface area contributed by atoms with E-state index in [1.807, 2.05) is 6.20 Å². The van der Waals surface area contributed by atoms with E-state index in [-0.39, 0.29) is 6.04 Å². The molecule has 0 saturated heterocycles. The Morgan fingerprint density at radius 2 is 1.89 bits per heavy atom. The molecule has 3 nitrogen and oxygen atoms in total. The van der Waals surface area contributed by atoms with Gasteiger partial charge >= 0.3 is 0 Å². The number of aromatic nitrogens is 2. The molecule has 0 saturated carbocycles. The van der Waals surface area contributed by atoms with E-state index < -0.39 is 0 Å². The van der Waals surface area contributed by atoms with Gasteiger partial charge in [0.25, 0.3) is 0 Å². The number of nitrogens with zero attached hydrogens (tertiary/aromatic N) is 2. The van der Waals surface area contributed by atoms with Crippen LogP contribution in [-0.2, 0) is 6.54 Å². The van der Waals surface area contributed by atoms with Gasteiger partial charge in [-0.05, 0) is 31.5 Å². The molecule has 3 heteroatoms. The van der Waals surface area contributed by atoms with Crippen molar-refractivity contribution in [3.63, 3.8) is 0 Å². The second-order valence-corrected chi connectivity index (χ2v) is 4.88. The predicted molar refractivity (Wildman–Crippen MR) is 79.2 cm³/mol. The molecule has 0 radical (unpaired) electrons. The Bertz CT molecular complexity index is 499.